The van der Waals surface area contributed by atoms with Crippen LogP contribution in [0.1, 0.15) is 43.3 Å². The van der Waals surface area contributed by atoms with Crippen LogP contribution in [-0.2, 0) is 4.79 Å². The van der Waals surface area contributed by atoms with E-state index in [1.807, 2.05) is 6.08 Å². The first-order valence-corrected chi connectivity index (χ1v) is 7.90. The number of carbonyl (C=O) groups is 1. The van der Waals surface area contributed by atoms with Crippen molar-refractivity contribution < 1.29 is 15.0 Å². The van der Waals surface area contributed by atoms with E-state index in [0.717, 1.165) is 40.7 Å². The Balaban J connectivity index is 0.00000169. The van der Waals surface area contributed by atoms with Gasteiger partial charge in [0.2, 0.25) is 0 Å². The molecule has 0 bridgehead atoms. The lowest BCUT2D eigenvalue weighted by atomic mass is 9.79. The molecule has 0 saturated heterocycles. The molecule has 2 aromatic rings. The summed E-state index contributed by atoms with van der Waals surface area (Å²) < 4.78 is 27.6. The third kappa shape index (κ3) is 2.14. The van der Waals surface area contributed by atoms with Crippen LogP contribution < -0.4 is 0 Å². The minimum Gasteiger partial charge on any atom is -0.295 e. The largest absolute Gasteiger partial charge is 0.295 e. The van der Waals surface area contributed by atoms with E-state index in [2.05, 4.69) is 0 Å². The summed E-state index contributed by atoms with van der Waals surface area (Å²) in [5.41, 5.74) is 4.81. The van der Waals surface area contributed by atoms with Crippen molar-refractivity contribution in [2.45, 2.75) is 32.1 Å². The van der Waals surface area contributed by atoms with Crippen LogP contribution in [-0.4, -0.2) is 5.78 Å². The van der Waals surface area contributed by atoms with Crippen LogP contribution in [0.3, 0.4) is 0 Å². The van der Waals surface area contributed by atoms with Gasteiger partial charge in [0.25, 0.3) is 0 Å². The highest BCUT2D eigenvalue weighted by Crippen LogP contribution is 2.48. The van der Waals surface area contributed by atoms with Gasteiger partial charge in [-0.1, -0.05) is 12.1 Å². The zero-order valence-corrected chi connectivity index (χ0v) is 12.8. The number of carbonyl (C=O) groups excluding carboxylic acids is 1. The molecule has 0 radical (unpaired) electrons. The van der Waals surface area contributed by atoms with Gasteiger partial charge in [-0.15, -0.1) is 0 Å². The van der Waals surface area contributed by atoms with Gasteiger partial charge in [0.05, 0.1) is 0 Å². The van der Waals surface area contributed by atoms with Gasteiger partial charge in [0, 0.05) is 19.3 Å². The quantitative estimate of drug-likeness (QED) is 0.687. The van der Waals surface area contributed by atoms with Crippen LogP contribution in [0.2, 0.25) is 0 Å². The summed E-state index contributed by atoms with van der Waals surface area (Å²) >= 11 is 0. The average molecular weight is 312 g/mol. The summed E-state index contributed by atoms with van der Waals surface area (Å²) in [4.78, 5) is 12.2. The SMILES string of the molecule is Cc1c(F)cc(-c2ccc(F)cc2)c2c1C=C1C(=O)CCCC12.[HH]. The van der Waals surface area contributed by atoms with Crippen molar-refractivity contribution in [1.82, 2.24) is 0 Å². The summed E-state index contributed by atoms with van der Waals surface area (Å²) in [7, 11) is 0. The molecule has 118 valence electrons. The Morgan fingerprint density at radius 3 is 2.65 bits per heavy atom. The molecular weight excluding hydrogens is 294 g/mol. The summed E-state index contributed by atoms with van der Waals surface area (Å²) in [5, 5.41) is 0. The van der Waals surface area contributed by atoms with Crippen molar-refractivity contribution in [3.63, 3.8) is 0 Å². The van der Waals surface area contributed by atoms with Crippen molar-refractivity contribution in [2.24, 2.45) is 0 Å². The second-order valence-corrected chi connectivity index (χ2v) is 6.33. The molecule has 1 fully saturated rings. The van der Waals surface area contributed by atoms with Crippen LogP contribution in [0.15, 0.2) is 35.9 Å². The number of halogens is 2. The van der Waals surface area contributed by atoms with Crippen molar-refractivity contribution in [3.8, 4) is 11.1 Å². The van der Waals surface area contributed by atoms with Crippen molar-refractivity contribution in [2.75, 3.05) is 0 Å². The summed E-state index contributed by atoms with van der Waals surface area (Å²) in [5.74, 6) is -0.386. The standard InChI is InChI=1S/C20H16F2O.H2/c1-11-15-9-17-14(3-2-4-19(17)23)20(15)16(10-18(11)22)12-5-7-13(21)8-6-12;/h5-10,14H,2-4H2,1H3;1H. The fourth-order valence-corrected chi connectivity index (χ4v) is 3.82. The number of hydrogen-bond donors (Lipinski definition) is 0. The average Bonchev–Trinajstić information content (AvgIpc) is 2.93. The van der Waals surface area contributed by atoms with Gasteiger partial charge in [-0.25, -0.2) is 8.78 Å². The number of ketones is 1. The van der Waals surface area contributed by atoms with E-state index in [-0.39, 0.29) is 24.8 Å². The zero-order chi connectivity index (χ0) is 16.1. The van der Waals surface area contributed by atoms with Gasteiger partial charge in [0.15, 0.2) is 5.78 Å². The van der Waals surface area contributed by atoms with E-state index in [1.165, 1.54) is 18.2 Å². The Morgan fingerprint density at radius 1 is 1.17 bits per heavy atom. The lowest BCUT2D eigenvalue weighted by Gasteiger charge is -2.23. The first-order chi connectivity index (χ1) is 11.1. The number of Topliss-reactive ketones (excluding diaryl/α,β-unsaturated/α-hetero) is 1. The molecule has 1 saturated carbocycles. The fourth-order valence-electron chi connectivity index (χ4n) is 3.82. The predicted octanol–water partition coefficient (Wildman–Crippen LogP) is 5.42. The number of benzene rings is 2. The normalized spacial score (nSPS) is 19.3. The van der Waals surface area contributed by atoms with Gasteiger partial charge in [-0.05, 0) is 71.9 Å². The maximum Gasteiger partial charge on any atom is 0.159 e. The van der Waals surface area contributed by atoms with Crippen LogP contribution >= 0.6 is 0 Å². The molecule has 1 atom stereocenters. The molecule has 23 heavy (non-hydrogen) atoms. The molecular formula is C20H18F2O. The molecule has 0 aliphatic heterocycles. The molecule has 0 aromatic heterocycles. The molecule has 2 aromatic carbocycles. The monoisotopic (exact) mass is 312 g/mol. The number of fused-ring (bicyclic) bond motifs is 3. The summed E-state index contributed by atoms with van der Waals surface area (Å²) in [6, 6.07) is 7.63. The van der Waals surface area contributed by atoms with E-state index < -0.39 is 0 Å². The molecule has 2 aliphatic carbocycles. The number of hydrogen-bond acceptors (Lipinski definition) is 1. The highest BCUT2D eigenvalue weighted by atomic mass is 19.1. The minimum absolute atomic E-state index is 0. The van der Waals surface area contributed by atoms with E-state index in [4.69, 9.17) is 0 Å². The van der Waals surface area contributed by atoms with Crippen LogP contribution in [0.5, 0.6) is 0 Å². The maximum atomic E-state index is 14.4. The molecule has 2 aliphatic rings. The summed E-state index contributed by atoms with van der Waals surface area (Å²) in [6.45, 7) is 1.75. The molecule has 0 spiro atoms. The molecule has 0 N–H and O–H groups in total. The maximum absolute atomic E-state index is 14.4. The van der Waals surface area contributed by atoms with E-state index in [1.54, 1.807) is 19.1 Å². The Morgan fingerprint density at radius 2 is 1.91 bits per heavy atom. The third-order valence-corrected chi connectivity index (χ3v) is 5.01. The first kappa shape index (κ1) is 14.3. The van der Waals surface area contributed by atoms with Crippen molar-refractivity contribution >= 4 is 11.9 Å². The zero-order valence-electron chi connectivity index (χ0n) is 12.8. The second kappa shape index (κ2) is 5.12. The Bertz CT molecular complexity index is 853. The van der Waals surface area contributed by atoms with Crippen molar-refractivity contribution in [1.29, 1.82) is 0 Å². The second-order valence-electron chi connectivity index (χ2n) is 6.33. The van der Waals surface area contributed by atoms with E-state index in [9.17, 15) is 13.6 Å². The minimum atomic E-state index is -0.315. The Labute approximate surface area is 135 Å². The number of rotatable bonds is 1. The molecule has 0 heterocycles. The van der Waals surface area contributed by atoms with Gasteiger partial charge in [0.1, 0.15) is 11.6 Å². The summed E-state index contributed by atoms with van der Waals surface area (Å²) in [6.07, 6.45) is 4.21. The Hall–Kier alpha value is -2.29. The topological polar surface area (TPSA) is 17.1 Å². The molecule has 4 rings (SSSR count). The highest BCUT2D eigenvalue weighted by Gasteiger charge is 2.35. The van der Waals surface area contributed by atoms with E-state index in [0.29, 0.717) is 12.0 Å². The van der Waals surface area contributed by atoms with Crippen LogP contribution in [0.25, 0.3) is 17.2 Å². The molecule has 1 nitrogen and oxygen atoms in total. The Kier molecular flexibility index (Phi) is 3.19. The van der Waals surface area contributed by atoms with Gasteiger partial charge in [-0.3, -0.25) is 4.79 Å². The van der Waals surface area contributed by atoms with Crippen LogP contribution in [0.4, 0.5) is 8.78 Å². The molecule has 1 unspecified atom stereocenters. The van der Waals surface area contributed by atoms with Crippen LogP contribution in [0, 0.1) is 18.6 Å². The molecule has 3 heteroatoms. The smallest absolute Gasteiger partial charge is 0.159 e. The number of allylic oxidation sites excluding steroid dienone is 1. The van der Waals surface area contributed by atoms with Gasteiger partial charge >= 0.3 is 0 Å². The lowest BCUT2D eigenvalue weighted by Crippen LogP contribution is -2.15. The van der Waals surface area contributed by atoms with Crippen molar-refractivity contribution in [3.05, 3.63) is 64.2 Å². The van der Waals surface area contributed by atoms with E-state index >= 15 is 0 Å². The third-order valence-electron chi connectivity index (χ3n) is 5.01. The fraction of sp³-hybridized carbons (Fsp3) is 0.250. The van der Waals surface area contributed by atoms with Gasteiger partial charge < -0.3 is 0 Å². The van der Waals surface area contributed by atoms with Gasteiger partial charge in [-0.2, -0.15) is 0 Å². The molecule has 0 amide bonds. The predicted molar refractivity (Wildman–Crippen MR) is 88.2 cm³/mol. The highest BCUT2D eigenvalue weighted by molar-refractivity contribution is 6.05. The first-order valence-electron chi connectivity index (χ1n) is 7.90. The lowest BCUT2D eigenvalue weighted by molar-refractivity contribution is -0.116.